The second-order valence-electron chi connectivity index (χ2n) is 7.92. The van der Waals surface area contributed by atoms with Gasteiger partial charge in [0.25, 0.3) is 0 Å². The molecule has 5 nitrogen and oxygen atoms in total. The van der Waals surface area contributed by atoms with Gasteiger partial charge in [0, 0.05) is 29.8 Å². The van der Waals surface area contributed by atoms with Gasteiger partial charge in [-0.15, -0.1) is 10.7 Å². The molecule has 0 spiro atoms. The second-order valence-corrected chi connectivity index (χ2v) is 12.7. The Morgan fingerprint density at radius 1 is 0.968 bits per heavy atom. The molecule has 0 saturated carbocycles. The van der Waals surface area contributed by atoms with Crippen LogP contribution in [0.1, 0.15) is 40.9 Å². The van der Waals surface area contributed by atoms with E-state index in [1.54, 1.807) is 12.1 Å². The first-order valence-electron chi connectivity index (χ1n) is 10.3. The minimum absolute atomic E-state index is 0.404. The molecule has 0 amide bonds. The van der Waals surface area contributed by atoms with Crippen molar-refractivity contribution in [2.24, 2.45) is 10.3 Å². The molecule has 0 radical (unpaired) electrons. The average molecular weight is 432 g/mol. The van der Waals surface area contributed by atoms with E-state index in [4.69, 9.17) is 4.74 Å². The van der Waals surface area contributed by atoms with Crippen LogP contribution >= 0.6 is 0 Å². The van der Waals surface area contributed by atoms with Crippen molar-refractivity contribution in [3.8, 4) is 23.3 Å². The lowest BCUT2D eigenvalue weighted by molar-refractivity contribution is 0.0600. The summed E-state index contributed by atoms with van der Waals surface area (Å²) in [6.45, 7) is 12.2. The lowest BCUT2D eigenvalue weighted by Gasteiger charge is -2.10. The Morgan fingerprint density at radius 2 is 1.61 bits per heavy atom. The van der Waals surface area contributed by atoms with Crippen LogP contribution in [0, 0.1) is 23.3 Å². The van der Waals surface area contributed by atoms with Crippen LogP contribution in [0.5, 0.6) is 0 Å². The van der Waals surface area contributed by atoms with E-state index in [0.717, 1.165) is 29.9 Å². The van der Waals surface area contributed by atoms with Crippen molar-refractivity contribution in [1.82, 2.24) is 5.01 Å². The highest BCUT2D eigenvalue weighted by Gasteiger charge is 2.10. The van der Waals surface area contributed by atoms with Crippen molar-refractivity contribution in [1.29, 1.82) is 0 Å². The van der Waals surface area contributed by atoms with Gasteiger partial charge in [0.15, 0.2) is 0 Å². The number of carbonyl (C=O) groups is 1. The molecule has 0 aliphatic carbocycles. The molecule has 0 bridgehead atoms. The van der Waals surface area contributed by atoms with Gasteiger partial charge in [0.05, 0.1) is 18.4 Å². The van der Waals surface area contributed by atoms with Crippen LogP contribution in [0.3, 0.4) is 0 Å². The molecule has 0 N–H and O–H groups in total. The summed E-state index contributed by atoms with van der Waals surface area (Å²) in [6, 6.07) is 13.0. The van der Waals surface area contributed by atoms with Crippen molar-refractivity contribution in [3.05, 3.63) is 64.7 Å². The zero-order valence-corrected chi connectivity index (χ0v) is 20.1. The van der Waals surface area contributed by atoms with Gasteiger partial charge in [-0.25, -0.2) is 4.79 Å². The fraction of sp³-hybridized carbons (Fsp3) is 0.320. The van der Waals surface area contributed by atoms with Crippen LogP contribution in [0.15, 0.2) is 52.8 Å². The van der Waals surface area contributed by atoms with Gasteiger partial charge in [-0.05, 0) is 50.2 Å². The van der Waals surface area contributed by atoms with Gasteiger partial charge in [0.1, 0.15) is 8.07 Å². The number of methoxy groups -OCH3 is 1. The van der Waals surface area contributed by atoms with E-state index in [9.17, 15) is 4.79 Å². The molecule has 2 aromatic rings. The normalized spacial score (nSPS) is 10.6. The van der Waals surface area contributed by atoms with Crippen LogP contribution in [0.25, 0.3) is 0 Å². The standard InChI is InChI=1S/C25H29N3O2Si/c1-7-28(8-2)27-26-24-11-9-10-20(19-24)12-13-21-16-22(14-15-31(4,5)6)18-23(17-21)25(29)30-3/h9-11,16-19H,7-8H2,1-6H3. The van der Waals surface area contributed by atoms with E-state index in [-0.39, 0.29) is 0 Å². The quantitative estimate of drug-likeness (QED) is 0.208. The number of hydrogen-bond donors (Lipinski definition) is 0. The minimum Gasteiger partial charge on any atom is -0.465 e. The first-order valence-corrected chi connectivity index (χ1v) is 13.8. The smallest absolute Gasteiger partial charge is 0.337 e. The third-order valence-corrected chi connectivity index (χ3v) is 5.03. The van der Waals surface area contributed by atoms with Crippen molar-refractivity contribution in [2.45, 2.75) is 33.5 Å². The third-order valence-electron chi connectivity index (χ3n) is 4.15. The van der Waals surface area contributed by atoms with Gasteiger partial charge < -0.3 is 4.74 Å². The molecule has 0 aliphatic heterocycles. The van der Waals surface area contributed by atoms with Crippen molar-refractivity contribution in [2.75, 3.05) is 20.2 Å². The summed E-state index contributed by atoms with van der Waals surface area (Å²) < 4.78 is 4.88. The second kappa shape index (κ2) is 11.2. The van der Waals surface area contributed by atoms with Gasteiger partial charge in [-0.2, -0.15) is 0 Å². The van der Waals surface area contributed by atoms with Gasteiger partial charge in [-0.1, -0.05) is 48.7 Å². The number of benzene rings is 2. The van der Waals surface area contributed by atoms with Crippen molar-refractivity contribution >= 4 is 19.7 Å². The molecule has 0 fully saturated rings. The van der Waals surface area contributed by atoms with Crippen molar-refractivity contribution in [3.63, 3.8) is 0 Å². The first-order chi connectivity index (χ1) is 14.7. The Morgan fingerprint density at radius 3 is 2.23 bits per heavy atom. The molecule has 0 unspecified atom stereocenters. The molecule has 0 aliphatic rings. The molecule has 0 aromatic heterocycles. The summed E-state index contributed by atoms with van der Waals surface area (Å²) >= 11 is 0. The Balaban J connectivity index is 2.37. The van der Waals surface area contributed by atoms with E-state index in [1.807, 2.05) is 49.2 Å². The fourth-order valence-electron chi connectivity index (χ4n) is 2.52. The molecule has 2 aromatic carbocycles. The maximum atomic E-state index is 12.1. The topological polar surface area (TPSA) is 54.3 Å². The molecule has 6 heteroatoms. The number of esters is 1. The third kappa shape index (κ3) is 8.12. The number of carbonyl (C=O) groups excluding carboxylic acids is 1. The van der Waals surface area contributed by atoms with Crippen LogP contribution < -0.4 is 0 Å². The fourth-order valence-corrected chi connectivity index (χ4v) is 3.04. The zero-order chi connectivity index (χ0) is 22.9. The molecule has 31 heavy (non-hydrogen) atoms. The summed E-state index contributed by atoms with van der Waals surface area (Å²) in [5.41, 5.74) is 6.79. The number of hydrogen-bond acceptors (Lipinski definition) is 4. The molecular weight excluding hydrogens is 402 g/mol. The summed E-state index contributed by atoms with van der Waals surface area (Å²) in [6.07, 6.45) is 0. The number of nitrogens with zero attached hydrogens (tertiary/aromatic N) is 3. The lowest BCUT2D eigenvalue weighted by Crippen LogP contribution is -2.16. The average Bonchev–Trinajstić information content (AvgIpc) is 2.76. The predicted molar refractivity (Wildman–Crippen MR) is 128 cm³/mol. The van der Waals surface area contributed by atoms with Crippen molar-refractivity contribution < 1.29 is 9.53 Å². The molecule has 160 valence electrons. The number of rotatable bonds is 5. The van der Waals surface area contributed by atoms with Gasteiger partial charge in [0.2, 0.25) is 0 Å². The zero-order valence-electron chi connectivity index (χ0n) is 19.1. The van der Waals surface area contributed by atoms with E-state index >= 15 is 0 Å². The highest BCUT2D eigenvalue weighted by Crippen LogP contribution is 2.15. The summed E-state index contributed by atoms with van der Waals surface area (Å²) in [4.78, 5) is 12.1. The maximum absolute atomic E-state index is 12.1. The monoisotopic (exact) mass is 431 g/mol. The van der Waals surface area contributed by atoms with Gasteiger partial charge in [-0.3, -0.25) is 5.01 Å². The van der Waals surface area contributed by atoms with E-state index in [0.29, 0.717) is 11.1 Å². The van der Waals surface area contributed by atoms with Crippen LogP contribution in [0.2, 0.25) is 19.6 Å². The van der Waals surface area contributed by atoms with E-state index in [1.165, 1.54) is 7.11 Å². The predicted octanol–water partition coefficient (Wildman–Crippen LogP) is 5.44. The molecule has 0 saturated heterocycles. The molecule has 0 heterocycles. The Bertz CT molecular complexity index is 1080. The maximum Gasteiger partial charge on any atom is 0.337 e. The highest BCUT2D eigenvalue weighted by atomic mass is 28.3. The van der Waals surface area contributed by atoms with E-state index < -0.39 is 14.0 Å². The van der Waals surface area contributed by atoms with Crippen LogP contribution in [0.4, 0.5) is 5.69 Å². The molecule has 0 atom stereocenters. The highest BCUT2D eigenvalue weighted by molar-refractivity contribution is 6.83. The SMILES string of the molecule is CCN(CC)N=Nc1cccc(C#Cc2cc(C#C[Si](C)(C)C)cc(C(=O)OC)c2)c1. The van der Waals surface area contributed by atoms with Crippen LogP contribution in [-0.2, 0) is 4.74 Å². The lowest BCUT2D eigenvalue weighted by atomic mass is 10.1. The largest absolute Gasteiger partial charge is 0.465 e. The summed E-state index contributed by atoms with van der Waals surface area (Å²) in [5.74, 6) is 9.07. The first kappa shape index (κ1) is 23.9. The van der Waals surface area contributed by atoms with Crippen LogP contribution in [-0.4, -0.2) is 39.3 Å². The number of ether oxygens (including phenoxy) is 1. The molecule has 2 rings (SSSR count). The van der Waals surface area contributed by atoms with Gasteiger partial charge >= 0.3 is 5.97 Å². The summed E-state index contributed by atoms with van der Waals surface area (Å²) in [5, 5.41) is 10.4. The Labute approximate surface area is 186 Å². The minimum atomic E-state index is -1.55. The summed E-state index contributed by atoms with van der Waals surface area (Å²) in [7, 11) is -0.178. The Kier molecular flexibility index (Phi) is 8.60. The van der Waals surface area contributed by atoms with E-state index in [2.05, 4.69) is 53.3 Å². The Hall–Kier alpha value is -3.35. The molecular formula is C25H29N3O2Si.